The van der Waals surface area contributed by atoms with E-state index in [1.54, 1.807) is 12.0 Å². The molecule has 1 heterocycles. The maximum Gasteiger partial charge on any atom is 0.236 e. The van der Waals surface area contributed by atoms with Crippen LogP contribution >= 0.6 is 0 Å². The van der Waals surface area contributed by atoms with Crippen molar-refractivity contribution < 1.29 is 14.3 Å². The quantitative estimate of drug-likeness (QED) is 0.741. The number of hydrogen-bond acceptors (Lipinski definition) is 5. The third kappa shape index (κ3) is 5.78. The van der Waals surface area contributed by atoms with Crippen LogP contribution in [0, 0.1) is 0 Å². The van der Waals surface area contributed by atoms with Crippen molar-refractivity contribution in [1.29, 1.82) is 0 Å². The van der Waals surface area contributed by atoms with Gasteiger partial charge in [-0.1, -0.05) is 12.1 Å². The van der Waals surface area contributed by atoms with E-state index in [4.69, 9.17) is 9.47 Å². The summed E-state index contributed by atoms with van der Waals surface area (Å²) in [5.41, 5.74) is 1.07. The summed E-state index contributed by atoms with van der Waals surface area (Å²) >= 11 is 0. The molecular weight excluding hydrogens is 306 g/mol. The van der Waals surface area contributed by atoms with Crippen molar-refractivity contribution in [1.82, 2.24) is 14.7 Å². The molecule has 1 amide bonds. The summed E-state index contributed by atoms with van der Waals surface area (Å²) in [7, 11) is 7.57. The first-order valence-electron chi connectivity index (χ1n) is 8.33. The van der Waals surface area contributed by atoms with E-state index in [9.17, 15) is 4.79 Å². The van der Waals surface area contributed by atoms with Crippen LogP contribution in [-0.2, 0) is 16.1 Å². The molecule has 1 aromatic carbocycles. The summed E-state index contributed by atoms with van der Waals surface area (Å²) in [6.07, 6.45) is 0.172. The lowest BCUT2D eigenvalue weighted by Crippen LogP contribution is -2.49. The summed E-state index contributed by atoms with van der Waals surface area (Å²) in [5.74, 6) is 0.941. The third-order valence-corrected chi connectivity index (χ3v) is 4.13. The topological polar surface area (TPSA) is 45.3 Å². The Morgan fingerprint density at radius 3 is 2.88 bits per heavy atom. The summed E-state index contributed by atoms with van der Waals surface area (Å²) in [6.45, 7) is 4.20. The van der Waals surface area contributed by atoms with Crippen LogP contribution in [-0.4, -0.2) is 87.7 Å². The first-order chi connectivity index (χ1) is 11.5. The van der Waals surface area contributed by atoms with Gasteiger partial charge < -0.3 is 19.3 Å². The molecular formula is C18H29N3O3. The zero-order valence-corrected chi connectivity index (χ0v) is 15.2. The van der Waals surface area contributed by atoms with Crippen LogP contribution in [0.15, 0.2) is 24.3 Å². The molecule has 24 heavy (non-hydrogen) atoms. The van der Waals surface area contributed by atoms with Gasteiger partial charge in [0.2, 0.25) is 5.91 Å². The summed E-state index contributed by atoms with van der Waals surface area (Å²) in [6, 6.07) is 7.82. The largest absolute Gasteiger partial charge is 0.497 e. The lowest BCUT2D eigenvalue weighted by atomic mass is 10.2. The van der Waals surface area contributed by atoms with Crippen LogP contribution in [0.1, 0.15) is 5.56 Å². The normalized spacial score (nSPS) is 18.6. The van der Waals surface area contributed by atoms with E-state index >= 15 is 0 Å². The first kappa shape index (κ1) is 18.7. The number of amides is 1. The van der Waals surface area contributed by atoms with E-state index in [0.717, 1.165) is 30.9 Å². The Hall–Kier alpha value is -1.63. The fourth-order valence-corrected chi connectivity index (χ4v) is 2.89. The minimum Gasteiger partial charge on any atom is -0.497 e. The predicted molar refractivity (Wildman–Crippen MR) is 94.2 cm³/mol. The second kappa shape index (κ2) is 9.01. The van der Waals surface area contributed by atoms with Gasteiger partial charge in [-0.2, -0.15) is 0 Å². The van der Waals surface area contributed by atoms with Crippen molar-refractivity contribution in [2.24, 2.45) is 0 Å². The van der Waals surface area contributed by atoms with Crippen LogP contribution < -0.4 is 4.74 Å². The summed E-state index contributed by atoms with van der Waals surface area (Å²) in [5, 5.41) is 0. The molecule has 0 N–H and O–H groups in total. The molecule has 1 aromatic rings. The van der Waals surface area contributed by atoms with Gasteiger partial charge >= 0.3 is 0 Å². The Balaban J connectivity index is 1.84. The molecule has 0 aliphatic carbocycles. The minimum absolute atomic E-state index is 0.128. The van der Waals surface area contributed by atoms with Crippen molar-refractivity contribution in [3.05, 3.63) is 29.8 Å². The average Bonchev–Trinajstić information content (AvgIpc) is 2.54. The predicted octanol–water partition coefficient (Wildman–Crippen LogP) is 0.916. The number of rotatable bonds is 7. The summed E-state index contributed by atoms with van der Waals surface area (Å²) < 4.78 is 11.0. The zero-order valence-electron chi connectivity index (χ0n) is 15.2. The molecule has 6 heteroatoms. The van der Waals surface area contributed by atoms with Crippen LogP contribution in [0.4, 0.5) is 0 Å². The molecule has 0 unspecified atom stereocenters. The number of ether oxygens (including phenoxy) is 2. The van der Waals surface area contributed by atoms with Crippen molar-refractivity contribution in [2.75, 3.05) is 61.0 Å². The molecule has 0 radical (unpaired) electrons. The fourth-order valence-electron chi connectivity index (χ4n) is 2.89. The Kier molecular flexibility index (Phi) is 7.02. The van der Waals surface area contributed by atoms with Crippen molar-refractivity contribution in [3.63, 3.8) is 0 Å². The van der Waals surface area contributed by atoms with Gasteiger partial charge in [0.25, 0.3) is 0 Å². The number of carbonyl (C=O) groups is 1. The van der Waals surface area contributed by atoms with Crippen molar-refractivity contribution >= 4 is 5.91 Å². The van der Waals surface area contributed by atoms with Gasteiger partial charge in [-0.3, -0.25) is 9.69 Å². The number of likely N-dealkylation sites (N-methyl/N-ethyl adjacent to an activating group) is 2. The average molecular weight is 335 g/mol. The van der Waals surface area contributed by atoms with Gasteiger partial charge in [0.15, 0.2) is 0 Å². The SMILES string of the molecule is COc1cccc(CN(C)C(=O)CN2CCO[C@H](CN(C)C)C2)c1. The molecule has 6 nitrogen and oxygen atoms in total. The first-order valence-corrected chi connectivity index (χ1v) is 8.33. The molecule has 2 rings (SSSR count). The zero-order chi connectivity index (χ0) is 17.5. The number of hydrogen-bond donors (Lipinski definition) is 0. The highest BCUT2D eigenvalue weighted by molar-refractivity contribution is 5.78. The van der Waals surface area contributed by atoms with Gasteiger partial charge in [-0.25, -0.2) is 0 Å². The molecule has 0 spiro atoms. The molecule has 1 aliphatic rings. The van der Waals surface area contributed by atoms with Gasteiger partial charge in [0.1, 0.15) is 5.75 Å². The van der Waals surface area contributed by atoms with E-state index in [2.05, 4.69) is 9.80 Å². The monoisotopic (exact) mass is 335 g/mol. The number of methoxy groups -OCH3 is 1. The maximum absolute atomic E-state index is 12.5. The molecule has 1 atom stereocenters. The van der Waals surface area contributed by atoms with Crippen LogP contribution in [0.3, 0.4) is 0 Å². The highest BCUT2D eigenvalue weighted by Gasteiger charge is 2.23. The van der Waals surface area contributed by atoms with Crippen LogP contribution in [0.5, 0.6) is 5.75 Å². The van der Waals surface area contributed by atoms with Gasteiger partial charge in [0.05, 0.1) is 26.4 Å². The second-order valence-electron chi connectivity index (χ2n) is 6.59. The maximum atomic E-state index is 12.5. The number of benzene rings is 1. The van der Waals surface area contributed by atoms with Gasteiger partial charge in [-0.05, 0) is 31.8 Å². The minimum atomic E-state index is 0.128. The van der Waals surface area contributed by atoms with Crippen LogP contribution in [0.2, 0.25) is 0 Å². The van der Waals surface area contributed by atoms with E-state index in [1.165, 1.54) is 0 Å². The van der Waals surface area contributed by atoms with E-state index in [1.807, 2.05) is 45.4 Å². The van der Waals surface area contributed by atoms with Crippen molar-refractivity contribution in [3.8, 4) is 5.75 Å². The van der Waals surface area contributed by atoms with E-state index in [0.29, 0.717) is 19.7 Å². The highest BCUT2D eigenvalue weighted by atomic mass is 16.5. The Bertz CT molecular complexity index is 536. The number of nitrogens with zero attached hydrogens (tertiary/aromatic N) is 3. The van der Waals surface area contributed by atoms with Gasteiger partial charge in [-0.15, -0.1) is 0 Å². The van der Waals surface area contributed by atoms with Gasteiger partial charge in [0, 0.05) is 33.2 Å². The second-order valence-corrected chi connectivity index (χ2v) is 6.59. The molecule has 134 valence electrons. The van der Waals surface area contributed by atoms with E-state index in [-0.39, 0.29) is 12.0 Å². The van der Waals surface area contributed by atoms with E-state index < -0.39 is 0 Å². The standard InChI is InChI=1S/C18H29N3O3/c1-19(2)12-17-13-21(8-9-24-17)14-18(22)20(3)11-15-6-5-7-16(10-15)23-4/h5-7,10,17H,8-9,11-14H2,1-4H3/t17-/m1/s1. The number of carbonyl (C=O) groups excluding carboxylic acids is 1. The Morgan fingerprint density at radius 2 is 2.17 bits per heavy atom. The molecule has 1 saturated heterocycles. The molecule has 0 saturated carbocycles. The lowest BCUT2D eigenvalue weighted by Gasteiger charge is -2.34. The molecule has 0 aromatic heterocycles. The van der Waals surface area contributed by atoms with Crippen LogP contribution in [0.25, 0.3) is 0 Å². The smallest absolute Gasteiger partial charge is 0.236 e. The van der Waals surface area contributed by atoms with Crippen molar-refractivity contribution in [2.45, 2.75) is 12.6 Å². The fraction of sp³-hybridized carbons (Fsp3) is 0.611. The lowest BCUT2D eigenvalue weighted by molar-refractivity contribution is -0.133. The number of morpholine rings is 1. The Morgan fingerprint density at radius 1 is 1.38 bits per heavy atom. The highest BCUT2D eigenvalue weighted by Crippen LogP contribution is 2.14. The molecule has 0 bridgehead atoms. The summed E-state index contributed by atoms with van der Waals surface area (Å²) in [4.78, 5) is 18.6. The third-order valence-electron chi connectivity index (χ3n) is 4.13. The molecule has 1 fully saturated rings. The molecule has 1 aliphatic heterocycles. The Labute approximate surface area is 144 Å².